The van der Waals surface area contributed by atoms with Gasteiger partial charge in [-0.3, -0.25) is 0 Å². The van der Waals surface area contributed by atoms with Crippen LogP contribution < -0.4 is 0 Å². The predicted molar refractivity (Wildman–Crippen MR) is 125 cm³/mol. The first-order valence-electron chi connectivity index (χ1n) is 11.6. The van der Waals surface area contributed by atoms with Crippen LogP contribution in [0.2, 0.25) is 0 Å². The first kappa shape index (κ1) is 27.2. The summed E-state index contributed by atoms with van der Waals surface area (Å²) in [4.78, 5) is 23.5. The van der Waals surface area contributed by atoms with E-state index in [0.717, 1.165) is 74.8 Å². The second kappa shape index (κ2) is 14.2. The summed E-state index contributed by atoms with van der Waals surface area (Å²) in [5.41, 5.74) is 1.03. The van der Waals surface area contributed by atoms with Gasteiger partial charge in [0.1, 0.15) is 0 Å². The fourth-order valence-corrected chi connectivity index (χ4v) is 3.27. The Hall–Kier alpha value is -3.09. The van der Waals surface area contributed by atoms with Crippen molar-refractivity contribution in [3.63, 3.8) is 0 Å². The number of rotatable bonds is 13. The zero-order chi connectivity index (χ0) is 24.8. The van der Waals surface area contributed by atoms with Crippen molar-refractivity contribution in [2.45, 2.75) is 58.0 Å². The molecule has 7 heteroatoms. The minimum Gasteiger partial charge on any atom is -0.462 e. The topological polar surface area (TPSA) is 52.6 Å². The van der Waals surface area contributed by atoms with E-state index in [1.165, 1.54) is 0 Å². The van der Waals surface area contributed by atoms with E-state index in [1.807, 2.05) is 12.1 Å². The zero-order valence-electron chi connectivity index (χ0n) is 19.4. The average Bonchev–Trinajstić information content (AvgIpc) is 2.82. The van der Waals surface area contributed by atoms with E-state index in [1.54, 1.807) is 19.1 Å². The molecule has 2 aromatic carbocycles. The Balaban J connectivity index is 1.50. The number of carbonyl (C=O) groups excluding carboxylic acids is 2. The van der Waals surface area contributed by atoms with Crippen molar-refractivity contribution in [2.75, 3.05) is 13.2 Å². The molecule has 0 bridgehead atoms. The number of halogens is 3. The molecule has 0 atom stereocenters. The first-order valence-corrected chi connectivity index (χ1v) is 11.6. The molecule has 0 saturated carbocycles. The van der Waals surface area contributed by atoms with Crippen LogP contribution >= 0.6 is 0 Å². The fraction of sp³-hybridized carbons (Fsp3) is 0.407. The van der Waals surface area contributed by atoms with Crippen LogP contribution in [0, 0.1) is 0 Å². The van der Waals surface area contributed by atoms with E-state index in [2.05, 4.69) is 12.2 Å². The lowest BCUT2D eigenvalue weighted by atomic mass is 10.1. The quantitative estimate of drug-likeness (QED) is 0.175. The number of allylic oxidation sites excluding steroid dienone is 2. The Morgan fingerprint density at radius 2 is 1.32 bits per heavy atom. The molecule has 34 heavy (non-hydrogen) atoms. The standard InChI is InChI=1S/C27H31F3O4/c1-2-33-25(31)22-14-12-21(13-15-22)11-9-7-5-3-4-6-8-10-20-34-26(32)23-16-18-24(19-17-23)27(28,29)30/h7,9,12-19H,2-6,8,10-11,20H2,1H3/b9-7+. The van der Waals surface area contributed by atoms with Gasteiger partial charge in [0, 0.05) is 0 Å². The molecule has 0 radical (unpaired) electrons. The minimum absolute atomic E-state index is 0.120. The Kier molecular flexibility index (Phi) is 11.4. The van der Waals surface area contributed by atoms with Gasteiger partial charge in [-0.2, -0.15) is 13.2 Å². The molecule has 0 fully saturated rings. The molecule has 0 amide bonds. The first-order chi connectivity index (χ1) is 16.3. The second-order valence-corrected chi connectivity index (χ2v) is 7.86. The molecule has 0 saturated heterocycles. The Morgan fingerprint density at radius 1 is 0.765 bits per heavy atom. The highest BCUT2D eigenvalue weighted by Gasteiger charge is 2.30. The van der Waals surface area contributed by atoms with Crippen LogP contribution in [0.15, 0.2) is 60.7 Å². The molecular weight excluding hydrogens is 445 g/mol. The van der Waals surface area contributed by atoms with Gasteiger partial charge in [-0.15, -0.1) is 0 Å². The lowest BCUT2D eigenvalue weighted by Gasteiger charge is -2.08. The summed E-state index contributed by atoms with van der Waals surface area (Å²) in [5, 5.41) is 0. The lowest BCUT2D eigenvalue weighted by Crippen LogP contribution is -2.08. The smallest absolute Gasteiger partial charge is 0.416 e. The number of carbonyl (C=O) groups is 2. The number of unbranched alkanes of at least 4 members (excludes halogenated alkanes) is 5. The summed E-state index contributed by atoms with van der Waals surface area (Å²) >= 11 is 0. The van der Waals surface area contributed by atoms with E-state index >= 15 is 0 Å². The molecule has 0 aromatic heterocycles. The van der Waals surface area contributed by atoms with Crippen LogP contribution in [0.3, 0.4) is 0 Å². The van der Waals surface area contributed by atoms with E-state index in [0.29, 0.717) is 12.2 Å². The van der Waals surface area contributed by atoms with Crippen molar-refractivity contribution in [1.29, 1.82) is 0 Å². The molecule has 0 aliphatic rings. The van der Waals surface area contributed by atoms with E-state index in [9.17, 15) is 22.8 Å². The number of hydrogen-bond acceptors (Lipinski definition) is 4. The normalized spacial score (nSPS) is 11.5. The van der Waals surface area contributed by atoms with Gasteiger partial charge in [-0.1, -0.05) is 43.5 Å². The number of alkyl halides is 3. The van der Waals surface area contributed by atoms with Crippen molar-refractivity contribution >= 4 is 11.9 Å². The van der Waals surface area contributed by atoms with Gasteiger partial charge in [-0.25, -0.2) is 9.59 Å². The summed E-state index contributed by atoms with van der Waals surface area (Å²) in [7, 11) is 0. The summed E-state index contributed by atoms with van der Waals surface area (Å²) in [6.45, 7) is 2.40. The summed E-state index contributed by atoms with van der Waals surface area (Å²) in [6.07, 6.45) is 6.50. The molecule has 0 unspecified atom stereocenters. The SMILES string of the molecule is CCOC(=O)c1ccc(C/C=C/CCCCCCCOC(=O)c2ccc(C(F)(F)F)cc2)cc1. The highest BCUT2D eigenvalue weighted by molar-refractivity contribution is 5.89. The summed E-state index contributed by atoms with van der Waals surface area (Å²) in [5.74, 6) is -0.906. The maximum Gasteiger partial charge on any atom is 0.416 e. The van der Waals surface area contributed by atoms with E-state index in [-0.39, 0.29) is 18.1 Å². The summed E-state index contributed by atoms with van der Waals surface area (Å²) in [6, 6.07) is 11.5. The van der Waals surface area contributed by atoms with Gasteiger partial charge >= 0.3 is 18.1 Å². The predicted octanol–water partition coefficient (Wildman–Crippen LogP) is 7.18. The van der Waals surface area contributed by atoms with Crippen LogP contribution in [-0.2, 0) is 22.1 Å². The third-order valence-corrected chi connectivity index (χ3v) is 5.18. The molecule has 0 aliphatic heterocycles. The zero-order valence-corrected chi connectivity index (χ0v) is 19.4. The van der Waals surface area contributed by atoms with Crippen molar-refractivity contribution < 1.29 is 32.2 Å². The highest BCUT2D eigenvalue weighted by Crippen LogP contribution is 2.29. The van der Waals surface area contributed by atoms with Crippen molar-refractivity contribution in [1.82, 2.24) is 0 Å². The van der Waals surface area contributed by atoms with E-state index in [4.69, 9.17) is 9.47 Å². The second-order valence-electron chi connectivity index (χ2n) is 7.86. The molecule has 2 rings (SSSR count). The van der Waals surface area contributed by atoms with Gasteiger partial charge in [0.2, 0.25) is 0 Å². The third kappa shape index (κ3) is 9.81. The van der Waals surface area contributed by atoms with Gasteiger partial charge in [-0.05, 0) is 74.6 Å². The van der Waals surface area contributed by atoms with Crippen LogP contribution in [0.4, 0.5) is 13.2 Å². The average molecular weight is 477 g/mol. The largest absolute Gasteiger partial charge is 0.462 e. The summed E-state index contributed by atoms with van der Waals surface area (Å²) < 4.78 is 47.8. The molecule has 184 valence electrons. The lowest BCUT2D eigenvalue weighted by molar-refractivity contribution is -0.137. The highest BCUT2D eigenvalue weighted by atomic mass is 19.4. The Bertz CT molecular complexity index is 916. The van der Waals surface area contributed by atoms with Crippen molar-refractivity contribution in [3.8, 4) is 0 Å². The number of esters is 2. The number of hydrogen-bond donors (Lipinski definition) is 0. The van der Waals surface area contributed by atoms with Gasteiger partial charge in [0.05, 0.1) is 29.9 Å². The Labute approximate surface area is 198 Å². The molecule has 2 aromatic rings. The molecule has 0 N–H and O–H groups in total. The van der Waals surface area contributed by atoms with Gasteiger partial charge in [0.25, 0.3) is 0 Å². The molecule has 4 nitrogen and oxygen atoms in total. The maximum atomic E-state index is 12.5. The molecule has 0 spiro atoms. The van der Waals surface area contributed by atoms with Crippen molar-refractivity contribution in [2.24, 2.45) is 0 Å². The van der Waals surface area contributed by atoms with Gasteiger partial charge in [0.15, 0.2) is 0 Å². The number of benzene rings is 2. The fourth-order valence-electron chi connectivity index (χ4n) is 3.27. The van der Waals surface area contributed by atoms with Crippen molar-refractivity contribution in [3.05, 3.63) is 82.9 Å². The molecule has 0 aliphatic carbocycles. The monoisotopic (exact) mass is 476 g/mol. The molecule has 0 heterocycles. The van der Waals surface area contributed by atoms with Crippen LogP contribution in [0.5, 0.6) is 0 Å². The van der Waals surface area contributed by atoms with Gasteiger partial charge < -0.3 is 9.47 Å². The minimum atomic E-state index is -4.42. The third-order valence-electron chi connectivity index (χ3n) is 5.18. The molecular formula is C27H31F3O4. The Morgan fingerprint density at radius 3 is 1.94 bits per heavy atom. The van der Waals surface area contributed by atoms with Crippen LogP contribution in [-0.4, -0.2) is 25.2 Å². The van der Waals surface area contributed by atoms with Crippen LogP contribution in [0.25, 0.3) is 0 Å². The maximum absolute atomic E-state index is 12.5. The van der Waals surface area contributed by atoms with E-state index < -0.39 is 17.7 Å². The van der Waals surface area contributed by atoms with Crippen LogP contribution in [0.1, 0.15) is 77.3 Å². The number of ether oxygens (including phenoxy) is 2.